The molecule has 1 rings (SSSR count). The van der Waals surface area contributed by atoms with Gasteiger partial charge >= 0.3 is 0 Å². The lowest BCUT2D eigenvalue weighted by Gasteiger charge is -2.31. The number of aryl methyl sites for hydroxylation is 1. The summed E-state index contributed by atoms with van der Waals surface area (Å²) in [6, 6.07) is 7.13. The summed E-state index contributed by atoms with van der Waals surface area (Å²) in [4.78, 5) is 2.40. The van der Waals surface area contributed by atoms with Gasteiger partial charge in [-0.15, -0.1) is 0 Å². The van der Waals surface area contributed by atoms with Crippen molar-refractivity contribution >= 4 is 5.69 Å². The Bertz CT molecular complexity index is 364. The molecule has 0 unspecified atom stereocenters. The third-order valence-electron chi connectivity index (χ3n) is 3.07. The molecule has 0 spiro atoms. The Morgan fingerprint density at radius 2 is 2.06 bits per heavy atom. The fourth-order valence-corrected chi connectivity index (χ4v) is 2.17. The molecule has 0 radical (unpaired) electrons. The van der Waals surface area contributed by atoms with Crippen molar-refractivity contribution < 1.29 is 4.74 Å². The van der Waals surface area contributed by atoms with Crippen LogP contribution in [0, 0.1) is 6.92 Å². The molecule has 0 heterocycles. The Morgan fingerprint density at radius 3 is 2.61 bits per heavy atom. The van der Waals surface area contributed by atoms with Crippen LogP contribution in [0.15, 0.2) is 18.2 Å². The van der Waals surface area contributed by atoms with Gasteiger partial charge in [-0.2, -0.15) is 0 Å². The highest BCUT2D eigenvalue weighted by molar-refractivity contribution is 5.55. The first kappa shape index (κ1) is 15.0. The van der Waals surface area contributed by atoms with Gasteiger partial charge in [-0.1, -0.05) is 17.7 Å². The molecule has 102 valence electrons. The van der Waals surface area contributed by atoms with Crippen molar-refractivity contribution in [3.05, 3.63) is 29.3 Å². The number of ether oxygens (including phenoxy) is 1. The summed E-state index contributed by atoms with van der Waals surface area (Å²) in [5.74, 6) is 0. The topological polar surface area (TPSA) is 24.5 Å². The maximum Gasteiger partial charge on any atom is 0.0637 e. The van der Waals surface area contributed by atoms with Crippen LogP contribution in [0.4, 0.5) is 5.69 Å². The minimum Gasteiger partial charge on any atom is -0.383 e. The molecule has 1 aromatic rings. The van der Waals surface area contributed by atoms with Crippen molar-refractivity contribution in [3.63, 3.8) is 0 Å². The highest BCUT2D eigenvalue weighted by Gasteiger charge is 2.14. The molecule has 0 fully saturated rings. The monoisotopic (exact) mass is 250 g/mol. The molecule has 0 aliphatic carbocycles. The van der Waals surface area contributed by atoms with E-state index in [-0.39, 0.29) is 0 Å². The van der Waals surface area contributed by atoms with Gasteiger partial charge in [0.2, 0.25) is 0 Å². The Balaban J connectivity index is 3.01. The van der Waals surface area contributed by atoms with Crippen LogP contribution in [-0.4, -0.2) is 33.4 Å². The van der Waals surface area contributed by atoms with Crippen LogP contribution >= 0.6 is 0 Å². The lowest BCUT2D eigenvalue weighted by molar-refractivity contribution is 0.204. The molecule has 0 aliphatic heterocycles. The molecule has 0 aromatic heterocycles. The van der Waals surface area contributed by atoms with Gasteiger partial charge in [-0.25, -0.2) is 0 Å². The van der Waals surface area contributed by atoms with Crippen LogP contribution < -0.4 is 10.2 Å². The highest BCUT2D eigenvalue weighted by atomic mass is 16.5. The summed E-state index contributed by atoms with van der Waals surface area (Å²) in [5.41, 5.74) is 3.96. The Morgan fingerprint density at radius 1 is 1.33 bits per heavy atom. The number of nitrogens with zero attached hydrogens (tertiary/aromatic N) is 1. The quantitative estimate of drug-likeness (QED) is 0.805. The van der Waals surface area contributed by atoms with Gasteiger partial charge in [0, 0.05) is 31.9 Å². The minimum absolute atomic E-state index is 0.471. The van der Waals surface area contributed by atoms with E-state index in [0.717, 1.165) is 19.7 Å². The maximum absolute atomic E-state index is 5.21. The predicted molar refractivity (Wildman–Crippen MR) is 78.3 cm³/mol. The summed E-state index contributed by atoms with van der Waals surface area (Å²) in [6.07, 6.45) is 0. The van der Waals surface area contributed by atoms with Crippen molar-refractivity contribution in [1.29, 1.82) is 0 Å². The minimum atomic E-state index is 0.471. The molecular weight excluding hydrogens is 224 g/mol. The Kier molecular flexibility index (Phi) is 6.16. The molecule has 0 saturated carbocycles. The Hall–Kier alpha value is -1.06. The number of nitrogens with one attached hydrogen (secondary N) is 1. The van der Waals surface area contributed by atoms with E-state index >= 15 is 0 Å². The van der Waals surface area contributed by atoms with E-state index in [2.05, 4.69) is 49.2 Å². The van der Waals surface area contributed by atoms with Crippen LogP contribution in [-0.2, 0) is 11.3 Å². The number of hydrogen-bond acceptors (Lipinski definition) is 3. The third kappa shape index (κ3) is 4.00. The number of benzene rings is 1. The lowest BCUT2D eigenvalue weighted by Crippen LogP contribution is -2.34. The van der Waals surface area contributed by atoms with Gasteiger partial charge in [0.05, 0.1) is 6.61 Å². The molecule has 0 atom stereocenters. The van der Waals surface area contributed by atoms with Crippen molar-refractivity contribution in [3.8, 4) is 0 Å². The second kappa shape index (κ2) is 7.39. The first-order valence-electron chi connectivity index (χ1n) is 6.59. The molecule has 18 heavy (non-hydrogen) atoms. The van der Waals surface area contributed by atoms with Gasteiger partial charge in [-0.3, -0.25) is 0 Å². The summed E-state index contributed by atoms with van der Waals surface area (Å²) in [5, 5.41) is 3.24. The van der Waals surface area contributed by atoms with Crippen LogP contribution in [0.25, 0.3) is 0 Å². The summed E-state index contributed by atoms with van der Waals surface area (Å²) in [6.45, 7) is 9.15. The van der Waals surface area contributed by atoms with Crippen LogP contribution in [0.3, 0.4) is 0 Å². The van der Waals surface area contributed by atoms with Crippen LogP contribution in [0.1, 0.15) is 25.0 Å². The van der Waals surface area contributed by atoms with E-state index in [0.29, 0.717) is 6.04 Å². The van der Waals surface area contributed by atoms with Crippen molar-refractivity contribution in [1.82, 2.24) is 5.32 Å². The van der Waals surface area contributed by atoms with E-state index in [9.17, 15) is 0 Å². The highest BCUT2D eigenvalue weighted by Crippen LogP contribution is 2.23. The number of methoxy groups -OCH3 is 1. The zero-order valence-electron chi connectivity index (χ0n) is 12.3. The second-order valence-corrected chi connectivity index (χ2v) is 4.94. The van der Waals surface area contributed by atoms with E-state index < -0.39 is 0 Å². The van der Waals surface area contributed by atoms with Gasteiger partial charge in [0.1, 0.15) is 0 Å². The molecule has 0 aliphatic rings. The zero-order valence-corrected chi connectivity index (χ0v) is 12.3. The largest absolute Gasteiger partial charge is 0.383 e. The average molecular weight is 250 g/mol. The maximum atomic E-state index is 5.21. The fraction of sp³-hybridized carbons (Fsp3) is 0.600. The zero-order chi connectivity index (χ0) is 13.5. The lowest BCUT2D eigenvalue weighted by atomic mass is 10.1. The van der Waals surface area contributed by atoms with Crippen molar-refractivity contribution in [2.45, 2.75) is 33.4 Å². The van der Waals surface area contributed by atoms with Gasteiger partial charge in [-0.05, 0) is 39.4 Å². The van der Waals surface area contributed by atoms with E-state index in [1.54, 1.807) is 7.11 Å². The molecule has 0 saturated heterocycles. The summed E-state index contributed by atoms with van der Waals surface area (Å²) < 4.78 is 5.21. The molecule has 0 amide bonds. The Labute approximate surface area is 111 Å². The van der Waals surface area contributed by atoms with E-state index in [4.69, 9.17) is 4.74 Å². The molecule has 1 aromatic carbocycles. The van der Waals surface area contributed by atoms with Crippen LogP contribution in [0.5, 0.6) is 0 Å². The first-order chi connectivity index (χ1) is 8.60. The van der Waals surface area contributed by atoms with Crippen molar-refractivity contribution in [2.24, 2.45) is 0 Å². The molecule has 1 N–H and O–H groups in total. The summed E-state index contributed by atoms with van der Waals surface area (Å²) in [7, 11) is 3.74. The normalized spacial score (nSPS) is 11.0. The predicted octanol–water partition coefficient (Wildman–Crippen LogP) is 2.58. The van der Waals surface area contributed by atoms with Gasteiger partial charge in [0.25, 0.3) is 0 Å². The molecular formula is C15H26N2O. The molecule has 0 bridgehead atoms. The average Bonchev–Trinajstić information content (AvgIpc) is 2.32. The summed E-state index contributed by atoms with van der Waals surface area (Å²) >= 11 is 0. The SMILES string of the molecule is CNCc1cc(C)ccc1N(CCOC)C(C)C. The smallest absolute Gasteiger partial charge is 0.0637 e. The fourth-order valence-electron chi connectivity index (χ4n) is 2.17. The number of hydrogen-bond donors (Lipinski definition) is 1. The van der Waals surface area contributed by atoms with Crippen LogP contribution in [0.2, 0.25) is 0 Å². The van der Waals surface area contributed by atoms with Gasteiger partial charge in [0.15, 0.2) is 0 Å². The number of anilines is 1. The van der Waals surface area contributed by atoms with Crippen molar-refractivity contribution in [2.75, 3.05) is 32.2 Å². The molecule has 3 nitrogen and oxygen atoms in total. The molecule has 3 heteroatoms. The second-order valence-electron chi connectivity index (χ2n) is 4.94. The number of rotatable bonds is 7. The first-order valence-corrected chi connectivity index (χ1v) is 6.59. The van der Waals surface area contributed by atoms with Gasteiger partial charge < -0.3 is 15.0 Å². The van der Waals surface area contributed by atoms with E-state index in [1.807, 2.05) is 7.05 Å². The van der Waals surface area contributed by atoms with E-state index in [1.165, 1.54) is 16.8 Å². The third-order valence-corrected chi connectivity index (χ3v) is 3.07. The standard InChI is InChI=1S/C15H26N2O/c1-12(2)17(8-9-18-5)15-7-6-13(3)10-14(15)11-16-4/h6-7,10,12,16H,8-9,11H2,1-5H3.